The van der Waals surface area contributed by atoms with E-state index in [4.69, 9.17) is 0 Å². The van der Waals surface area contributed by atoms with Crippen molar-refractivity contribution in [3.63, 3.8) is 0 Å². The number of likely N-dealkylation sites (tertiary alicyclic amines) is 1. The van der Waals surface area contributed by atoms with Gasteiger partial charge in [-0.05, 0) is 39.0 Å². The van der Waals surface area contributed by atoms with Crippen LogP contribution in [0.1, 0.15) is 33.6 Å². The Labute approximate surface area is 92.1 Å². The van der Waals surface area contributed by atoms with E-state index in [1.807, 2.05) is 25.6 Å². The van der Waals surface area contributed by atoms with Crippen LogP contribution in [-0.2, 0) is 0 Å². The molecule has 1 aliphatic heterocycles. The van der Waals surface area contributed by atoms with Crippen molar-refractivity contribution in [3.05, 3.63) is 0 Å². The molecule has 0 aromatic rings. The third-order valence-corrected chi connectivity index (χ3v) is 3.79. The summed E-state index contributed by atoms with van der Waals surface area (Å²) in [5.74, 6) is 2.39. The van der Waals surface area contributed by atoms with Gasteiger partial charge in [-0.3, -0.25) is 4.90 Å². The van der Waals surface area contributed by atoms with E-state index in [1.54, 1.807) is 0 Å². The predicted molar refractivity (Wildman–Crippen MR) is 63.9 cm³/mol. The molecule has 1 rings (SSSR count). The van der Waals surface area contributed by atoms with E-state index in [2.05, 4.69) is 11.8 Å². The van der Waals surface area contributed by atoms with Gasteiger partial charge in [0.05, 0.1) is 5.60 Å². The summed E-state index contributed by atoms with van der Waals surface area (Å²) in [6, 6.07) is 0.375. The third-order valence-electron chi connectivity index (χ3n) is 2.91. The molecule has 0 radical (unpaired) electrons. The SMILES string of the molecule is CCSCCN1CCCC1C(C)(C)O. The third kappa shape index (κ3) is 3.44. The zero-order chi connectivity index (χ0) is 10.6. The first-order valence-electron chi connectivity index (χ1n) is 5.60. The van der Waals surface area contributed by atoms with Crippen molar-refractivity contribution in [3.8, 4) is 0 Å². The Balaban J connectivity index is 2.36. The first-order valence-corrected chi connectivity index (χ1v) is 6.75. The number of hydrogen-bond donors (Lipinski definition) is 1. The van der Waals surface area contributed by atoms with E-state index in [0.717, 1.165) is 13.0 Å². The first kappa shape index (κ1) is 12.3. The van der Waals surface area contributed by atoms with Gasteiger partial charge >= 0.3 is 0 Å². The van der Waals surface area contributed by atoms with E-state index in [-0.39, 0.29) is 0 Å². The van der Waals surface area contributed by atoms with E-state index < -0.39 is 5.60 Å². The lowest BCUT2D eigenvalue weighted by molar-refractivity contribution is -0.000267. The highest BCUT2D eigenvalue weighted by molar-refractivity contribution is 7.99. The molecule has 2 nitrogen and oxygen atoms in total. The van der Waals surface area contributed by atoms with E-state index >= 15 is 0 Å². The largest absolute Gasteiger partial charge is 0.389 e. The maximum atomic E-state index is 10.00. The van der Waals surface area contributed by atoms with E-state index in [1.165, 1.54) is 24.5 Å². The topological polar surface area (TPSA) is 23.5 Å². The average Bonchev–Trinajstić information content (AvgIpc) is 2.52. The molecule has 0 saturated carbocycles. The van der Waals surface area contributed by atoms with Crippen molar-refractivity contribution in [2.45, 2.75) is 45.3 Å². The van der Waals surface area contributed by atoms with Crippen LogP contribution in [0.4, 0.5) is 0 Å². The molecule has 84 valence electrons. The van der Waals surface area contributed by atoms with Crippen LogP contribution >= 0.6 is 11.8 Å². The second kappa shape index (κ2) is 5.38. The maximum absolute atomic E-state index is 10.00. The van der Waals surface area contributed by atoms with Gasteiger partial charge in [0.1, 0.15) is 0 Å². The normalized spacial score (nSPS) is 24.4. The lowest BCUT2D eigenvalue weighted by atomic mass is 9.97. The van der Waals surface area contributed by atoms with Gasteiger partial charge in [0.25, 0.3) is 0 Å². The molecular weight excluding hydrogens is 194 g/mol. The molecular formula is C11H23NOS. The summed E-state index contributed by atoms with van der Waals surface area (Å²) >= 11 is 1.98. The monoisotopic (exact) mass is 217 g/mol. The van der Waals surface area contributed by atoms with E-state index in [9.17, 15) is 5.11 Å². The highest BCUT2D eigenvalue weighted by Crippen LogP contribution is 2.26. The van der Waals surface area contributed by atoms with Crippen LogP contribution in [0.5, 0.6) is 0 Å². The van der Waals surface area contributed by atoms with Crippen molar-refractivity contribution in [2.75, 3.05) is 24.6 Å². The molecule has 1 saturated heterocycles. The maximum Gasteiger partial charge on any atom is 0.0746 e. The van der Waals surface area contributed by atoms with Crippen molar-refractivity contribution < 1.29 is 5.11 Å². The highest BCUT2D eigenvalue weighted by atomic mass is 32.2. The second-order valence-electron chi connectivity index (χ2n) is 4.54. The smallest absolute Gasteiger partial charge is 0.0746 e. The fourth-order valence-corrected chi connectivity index (χ4v) is 2.87. The van der Waals surface area contributed by atoms with Gasteiger partial charge in [0.15, 0.2) is 0 Å². The Hall–Kier alpha value is 0.270. The quantitative estimate of drug-likeness (QED) is 0.712. The molecule has 14 heavy (non-hydrogen) atoms. The minimum Gasteiger partial charge on any atom is -0.389 e. The van der Waals surface area contributed by atoms with Gasteiger partial charge in [-0.2, -0.15) is 11.8 Å². The minimum atomic E-state index is -0.534. The summed E-state index contributed by atoms with van der Waals surface area (Å²) in [6.45, 7) is 8.36. The Morgan fingerprint density at radius 1 is 1.50 bits per heavy atom. The fraction of sp³-hybridized carbons (Fsp3) is 1.00. The van der Waals surface area contributed by atoms with Gasteiger partial charge in [-0.15, -0.1) is 0 Å². The molecule has 0 aliphatic carbocycles. The standard InChI is InChI=1S/C11H23NOS/c1-4-14-9-8-12-7-5-6-10(12)11(2,3)13/h10,13H,4-9H2,1-3H3. The molecule has 1 heterocycles. The van der Waals surface area contributed by atoms with Gasteiger partial charge < -0.3 is 5.11 Å². The summed E-state index contributed by atoms with van der Waals surface area (Å²) in [5.41, 5.74) is -0.534. The van der Waals surface area contributed by atoms with Crippen molar-refractivity contribution in [1.29, 1.82) is 0 Å². The Morgan fingerprint density at radius 3 is 2.79 bits per heavy atom. The van der Waals surface area contributed by atoms with Crippen molar-refractivity contribution in [1.82, 2.24) is 4.90 Å². The van der Waals surface area contributed by atoms with Crippen LogP contribution in [0.2, 0.25) is 0 Å². The Morgan fingerprint density at radius 2 is 2.21 bits per heavy atom. The Bertz CT molecular complexity index is 167. The van der Waals surface area contributed by atoms with Crippen LogP contribution in [0.3, 0.4) is 0 Å². The number of nitrogens with zero attached hydrogens (tertiary/aromatic N) is 1. The zero-order valence-corrected chi connectivity index (χ0v) is 10.4. The molecule has 0 spiro atoms. The lowest BCUT2D eigenvalue weighted by Gasteiger charge is -2.33. The first-order chi connectivity index (χ1) is 6.55. The van der Waals surface area contributed by atoms with Crippen LogP contribution in [0.15, 0.2) is 0 Å². The summed E-state index contributed by atoms with van der Waals surface area (Å²) in [5, 5.41) is 10.00. The minimum absolute atomic E-state index is 0.375. The second-order valence-corrected chi connectivity index (χ2v) is 5.94. The molecule has 1 unspecified atom stereocenters. The summed E-state index contributed by atoms with van der Waals surface area (Å²) in [6.07, 6.45) is 2.39. The molecule has 0 amide bonds. The zero-order valence-electron chi connectivity index (χ0n) is 9.62. The molecule has 0 aromatic heterocycles. The molecule has 0 aromatic carbocycles. The summed E-state index contributed by atoms with van der Waals surface area (Å²) < 4.78 is 0. The molecule has 0 bridgehead atoms. The number of hydrogen-bond acceptors (Lipinski definition) is 3. The van der Waals surface area contributed by atoms with Crippen LogP contribution in [0, 0.1) is 0 Å². The highest BCUT2D eigenvalue weighted by Gasteiger charge is 2.35. The van der Waals surface area contributed by atoms with Crippen molar-refractivity contribution in [2.24, 2.45) is 0 Å². The summed E-state index contributed by atoms with van der Waals surface area (Å²) in [4.78, 5) is 2.45. The van der Waals surface area contributed by atoms with Gasteiger partial charge in [0.2, 0.25) is 0 Å². The van der Waals surface area contributed by atoms with Gasteiger partial charge in [0, 0.05) is 18.3 Å². The molecule has 1 N–H and O–H groups in total. The Kier molecular flexibility index (Phi) is 4.74. The molecule has 1 fully saturated rings. The van der Waals surface area contributed by atoms with Crippen LogP contribution in [0.25, 0.3) is 0 Å². The van der Waals surface area contributed by atoms with Crippen LogP contribution < -0.4 is 0 Å². The molecule has 3 heteroatoms. The number of rotatable bonds is 5. The average molecular weight is 217 g/mol. The van der Waals surface area contributed by atoms with Gasteiger partial charge in [-0.25, -0.2) is 0 Å². The number of thioether (sulfide) groups is 1. The summed E-state index contributed by atoms with van der Waals surface area (Å²) in [7, 11) is 0. The molecule has 1 atom stereocenters. The lowest BCUT2D eigenvalue weighted by Crippen LogP contribution is -2.46. The van der Waals surface area contributed by atoms with Crippen molar-refractivity contribution >= 4 is 11.8 Å². The van der Waals surface area contributed by atoms with E-state index in [0.29, 0.717) is 6.04 Å². The van der Waals surface area contributed by atoms with Crippen LogP contribution in [-0.4, -0.2) is 46.2 Å². The number of aliphatic hydroxyl groups is 1. The predicted octanol–water partition coefficient (Wildman–Crippen LogP) is 1.97. The van der Waals surface area contributed by atoms with Gasteiger partial charge in [-0.1, -0.05) is 6.92 Å². The fourth-order valence-electron chi connectivity index (χ4n) is 2.22. The molecule has 1 aliphatic rings.